The Balaban J connectivity index is 1.75. The van der Waals surface area contributed by atoms with E-state index < -0.39 is 0 Å². The molecule has 1 atom stereocenters. The standard InChI is InChI=1S/C19H24N4O2/c1-13(2)16-10-17(22(3)21-16)19(25)23-9-5-7-15(12-23)18(24)14-6-4-8-20-11-14/h4,6,8,10-11,13,15H,5,7,9,12H2,1-3H3. The van der Waals surface area contributed by atoms with Crippen molar-refractivity contribution in [2.45, 2.75) is 32.6 Å². The van der Waals surface area contributed by atoms with Gasteiger partial charge in [-0.15, -0.1) is 0 Å². The maximum absolute atomic E-state index is 12.9. The Bertz CT molecular complexity index is 767. The average Bonchev–Trinajstić information content (AvgIpc) is 3.03. The van der Waals surface area contributed by atoms with Crippen molar-refractivity contribution < 1.29 is 9.59 Å². The van der Waals surface area contributed by atoms with E-state index in [1.807, 2.05) is 6.07 Å². The molecule has 1 fully saturated rings. The minimum atomic E-state index is -0.167. The van der Waals surface area contributed by atoms with Crippen molar-refractivity contribution in [2.24, 2.45) is 13.0 Å². The zero-order valence-electron chi connectivity index (χ0n) is 15.0. The predicted molar refractivity (Wildman–Crippen MR) is 94.5 cm³/mol. The quantitative estimate of drug-likeness (QED) is 0.803. The first-order valence-corrected chi connectivity index (χ1v) is 8.75. The molecule has 2 aromatic rings. The molecule has 0 saturated carbocycles. The topological polar surface area (TPSA) is 68.1 Å². The summed E-state index contributed by atoms with van der Waals surface area (Å²) in [4.78, 5) is 31.4. The first-order valence-electron chi connectivity index (χ1n) is 8.75. The highest BCUT2D eigenvalue weighted by molar-refractivity contribution is 5.98. The summed E-state index contributed by atoms with van der Waals surface area (Å²) in [6.45, 7) is 5.24. The SMILES string of the molecule is CC(C)c1cc(C(=O)N2CCCC(C(=O)c3cccnc3)C2)n(C)n1. The third-order valence-corrected chi connectivity index (χ3v) is 4.73. The maximum Gasteiger partial charge on any atom is 0.272 e. The number of Topliss-reactive ketones (excluding diaryl/α,β-unsaturated/α-hetero) is 1. The molecule has 0 bridgehead atoms. The molecule has 1 saturated heterocycles. The van der Waals surface area contributed by atoms with Crippen LogP contribution in [0.5, 0.6) is 0 Å². The van der Waals surface area contributed by atoms with Crippen LogP contribution in [0.25, 0.3) is 0 Å². The van der Waals surface area contributed by atoms with Gasteiger partial charge >= 0.3 is 0 Å². The van der Waals surface area contributed by atoms with Crippen LogP contribution in [0, 0.1) is 5.92 Å². The smallest absolute Gasteiger partial charge is 0.272 e. The van der Waals surface area contributed by atoms with Crippen LogP contribution >= 0.6 is 0 Å². The lowest BCUT2D eigenvalue weighted by Crippen LogP contribution is -2.43. The molecule has 6 nitrogen and oxygen atoms in total. The van der Waals surface area contributed by atoms with Gasteiger partial charge in [0.15, 0.2) is 5.78 Å². The van der Waals surface area contributed by atoms with Crippen LogP contribution in [0.1, 0.15) is 59.1 Å². The van der Waals surface area contributed by atoms with Crippen molar-refractivity contribution in [3.8, 4) is 0 Å². The number of rotatable bonds is 4. The number of aromatic nitrogens is 3. The summed E-state index contributed by atoms with van der Waals surface area (Å²) >= 11 is 0. The fraction of sp³-hybridized carbons (Fsp3) is 0.474. The van der Waals surface area contributed by atoms with E-state index in [0.29, 0.717) is 24.3 Å². The average molecular weight is 340 g/mol. The Kier molecular flexibility index (Phi) is 4.97. The van der Waals surface area contributed by atoms with Crippen molar-refractivity contribution in [1.82, 2.24) is 19.7 Å². The number of carbonyl (C=O) groups is 2. The molecule has 3 rings (SSSR count). The largest absolute Gasteiger partial charge is 0.337 e. The molecule has 0 aliphatic carbocycles. The Morgan fingerprint density at radius 1 is 1.32 bits per heavy atom. The van der Waals surface area contributed by atoms with Gasteiger partial charge in [0.25, 0.3) is 5.91 Å². The van der Waals surface area contributed by atoms with Gasteiger partial charge in [-0.05, 0) is 37.0 Å². The predicted octanol–water partition coefficient (Wildman–Crippen LogP) is 2.67. The number of hydrogen-bond donors (Lipinski definition) is 0. The third kappa shape index (κ3) is 3.62. The van der Waals surface area contributed by atoms with Crippen LogP contribution in [0.3, 0.4) is 0 Å². The van der Waals surface area contributed by atoms with Crippen LogP contribution in [-0.4, -0.2) is 44.4 Å². The first kappa shape index (κ1) is 17.3. The highest BCUT2D eigenvalue weighted by Crippen LogP contribution is 2.23. The Hall–Kier alpha value is -2.50. The van der Waals surface area contributed by atoms with E-state index >= 15 is 0 Å². The minimum absolute atomic E-state index is 0.0504. The first-order chi connectivity index (χ1) is 12.0. The molecule has 1 aliphatic rings. The Morgan fingerprint density at radius 2 is 2.12 bits per heavy atom. The van der Waals surface area contributed by atoms with E-state index in [1.54, 1.807) is 41.2 Å². The summed E-state index contributed by atoms with van der Waals surface area (Å²) in [5.41, 5.74) is 2.11. The molecule has 6 heteroatoms. The molecule has 2 aromatic heterocycles. The Morgan fingerprint density at radius 3 is 2.76 bits per heavy atom. The number of pyridine rings is 1. The molecule has 1 amide bonds. The van der Waals surface area contributed by atoms with Gasteiger partial charge in [-0.25, -0.2) is 0 Å². The number of likely N-dealkylation sites (tertiary alicyclic amines) is 1. The molecule has 25 heavy (non-hydrogen) atoms. The molecular weight excluding hydrogens is 316 g/mol. The van der Waals surface area contributed by atoms with E-state index in [-0.39, 0.29) is 23.5 Å². The third-order valence-electron chi connectivity index (χ3n) is 4.73. The number of ketones is 1. The van der Waals surface area contributed by atoms with Crippen molar-refractivity contribution in [3.63, 3.8) is 0 Å². The second-order valence-electron chi connectivity index (χ2n) is 6.93. The van der Waals surface area contributed by atoms with Crippen molar-refractivity contribution in [3.05, 3.63) is 47.5 Å². The highest BCUT2D eigenvalue weighted by Gasteiger charge is 2.30. The molecular formula is C19H24N4O2. The lowest BCUT2D eigenvalue weighted by Gasteiger charge is -2.32. The van der Waals surface area contributed by atoms with Crippen LogP contribution in [0.2, 0.25) is 0 Å². The summed E-state index contributed by atoms with van der Waals surface area (Å²) in [5, 5.41) is 4.42. The summed E-state index contributed by atoms with van der Waals surface area (Å²) in [7, 11) is 1.79. The number of aryl methyl sites for hydroxylation is 1. The molecule has 132 valence electrons. The highest BCUT2D eigenvalue weighted by atomic mass is 16.2. The monoisotopic (exact) mass is 340 g/mol. The lowest BCUT2D eigenvalue weighted by atomic mass is 9.90. The minimum Gasteiger partial charge on any atom is -0.337 e. The number of carbonyl (C=O) groups excluding carboxylic acids is 2. The second kappa shape index (κ2) is 7.17. The summed E-state index contributed by atoms with van der Waals surface area (Å²) in [6.07, 6.45) is 4.89. The van der Waals surface area contributed by atoms with Gasteiger partial charge in [0, 0.05) is 44.0 Å². The van der Waals surface area contributed by atoms with Crippen LogP contribution in [-0.2, 0) is 7.05 Å². The van der Waals surface area contributed by atoms with E-state index in [9.17, 15) is 9.59 Å². The van der Waals surface area contributed by atoms with E-state index in [1.165, 1.54) is 0 Å². The van der Waals surface area contributed by atoms with Crippen molar-refractivity contribution >= 4 is 11.7 Å². The molecule has 1 unspecified atom stereocenters. The van der Waals surface area contributed by atoms with Crippen LogP contribution in [0.4, 0.5) is 0 Å². The maximum atomic E-state index is 12.9. The molecule has 0 radical (unpaired) electrons. The summed E-state index contributed by atoms with van der Waals surface area (Å²) < 4.78 is 1.64. The normalized spacial score (nSPS) is 17.8. The molecule has 3 heterocycles. The van der Waals surface area contributed by atoms with Crippen LogP contribution < -0.4 is 0 Å². The lowest BCUT2D eigenvalue weighted by molar-refractivity contribution is 0.0628. The second-order valence-corrected chi connectivity index (χ2v) is 6.93. The molecule has 0 N–H and O–H groups in total. The number of piperidine rings is 1. The number of hydrogen-bond acceptors (Lipinski definition) is 4. The van der Waals surface area contributed by atoms with Gasteiger partial charge in [-0.2, -0.15) is 5.10 Å². The van der Waals surface area contributed by atoms with Gasteiger partial charge in [-0.1, -0.05) is 13.8 Å². The fourth-order valence-electron chi connectivity index (χ4n) is 3.25. The number of amides is 1. The van der Waals surface area contributed by atoms with Crippen molar-refractivity contribution in [1.29, 1.82) is 0 Å². The van der Waals surface area contributed by atoms with Gasteiger partial charge in [0.05, 0.1) is 5.69 Å². The van der Waals surface area contributed by atoms with Gasteiger partial charge in [-0.3, -0.25) is 19.3 Å². The van der Waals surface area contributed by atoms with Crippen LogP contribution in [0.15, 0.2) is 30.6 Å². The van der Waals surface area contributed by atoms with Crippen molar-refractivity contribution in [2.75, 3.05) is 13.1 Å². The fourth-order valence-corrected chi connectivity index (χ4v) is 3.25. The summed E-state index contributed by atoms with van der Waals surface area (Å²) in [5.74, 6) is 0.123. The van der Waals surface area contributed by atoms with Gasteiger partial charge in [0.2, 0.25) is 0 Å². The van der Waals surface area contributed by atoms with Gasteiger partial charge in [0.1, 0.15) is 5.69 Å². The van der Waals surface area contributed by atoms with E-state index in [0.717, 1.165) is 18.5 Å². The van der Waals surface area contributed by atoms with E-state index in [2.05, 4.69) is 23.9 Å². The number of nitrogens with zero attached hydrogens (tertiary/aromatic N) is 4. The van der Waals surface area contributed by atoms with E-state index in [4.69, 9.17) is 0 Å². The zero-order valence-corrected chi connectivity index (χ0v) is 15.0. The molecule has 0 spiro atoms. The van der Waals surface area contributed by atoms with Gasteiger partial charge < -0.3 is 4.90 Å². The zero-order chi connectivity index (χ0) is 18.0. The molecule has 1 aliphatic heterocycles. The Labute approximate surface area is 147 Å². The molecule has 0 aromatic carbocycles. The summed E-state index contributed by atoms with van der Waals surface area (Å²) in [6, 6.07) is 5.41.